The second-order valence-electron chi connectivity index (χ2n) is 5.36. The third-order valence-electron chi connectivity index (χ3n) is 4.15. The Bertz CT molecular complexity index is 481. The van der Waals surface area contributed by atoms with Crippen molar-refractivity contribution < 1.29 is 14.6 Å². The first-order valence-corrected chi connectivity index (χ1v) is 6.95. The van der Waals surface area contributed by atoms with E-state index in [4.69, 9.17) is 9.47 Å². The number of aliphatic hydroxyl groups is 1. The molecule has 0 fully saturated rings. The molecule has 0 saturated carbocycles. The minimum absolute atomic E-state index is 0.126. The minimum atomic E-state index is -0.449. The maximum atomic E-state index is 10.3. The van der Waals surface area contributed by atoms with Gasteiger partial charge < -0.3 is 14.6 Å². The molecule has 2 aliphatic rings. The maximum absolute atomic E-state index is 10.3. The lowest BCUT2D eigenvalue weighted by atomic mass is 9.84. The second kappa shape index (κ2) is 5.25. The highest BCUT2D eigenvalue weighted by molar-refractivity contribution is 5.43. The summed E-state index contributed by atoms with van der Waals surface area (Å²) < 4.78 is 11.3. The van der Waals surface area contributed by atoms with Crippen LogP contribution in [0.25, 0.3) is 0 Å². The van der Waals surface area contributed by atoms with Crippen LogP contribution in [0, 0.1) is 5.92 Å². The zero-order chi connectivity index (χ0) is 13.2. The SMILES string of the molecule is COc1ccc2c(c1)C(O)CC(C1CC=CCC1)O2. The van der Waals surface area contributed by atoms with Crippen LogP contribution >= 0.6 is 0 Å². The molecule has 19 heavy (non-hydrogen) atoms. The molecule has 0 aromatic heterocycles. The van der Waals surface area contributed by atoms with Crippen molar-refractivity contribution in [2.45, 2.75) is 37.9 Å². The van der Waals surface area contributed by atoms with Crippen molar-refractivity contribution in [3.8, 4) is 11.5 Å². The number of fused-ring (bicyclic) bond motifs is 1. The second-order valence-corrected chi connectivity index (χ2v) is 5.36. The predicted octanol–water partition coefficient (Wildman–Crippen LogP) is 3.24. The van der Waals surface area contributed by atoms with Crippen LogP contribution in [0.15, 0.2) is 30.4 Å². The van der Waals surface area contributed by atoms with Crippen LogP contribution in [0.3, 0.4) is 0 Å². The topological polar surface area (TPSA) is 38.7 Å². The van der Waals surface area contributed by atoms with Gasteiger partial charge in [-0.1, -0.05) is 12.2 Å². The molecule has 0 amide bonds. The number of benzene rings is 1. The van der Waals surface area contributed by atoms with Crippen molar-refractivity contribution in [3.05, 3.63) is 35.9 Å². The number of hydrogen-bond donors (Lipinski definition) is 1. The van der Waals surface area contributed by atoms with Crippen molar-refractivity contribution in [3.63, 3.8) is 0 Å². The van der Waals surface area contributed by atoms with E-state index in [1.807, 2.05) is 18.2 Å². The van der Waals surface area contributed by atoms with E-state index in [2.05, 4.69) is 12.2 Å². The van der Waals surface area contributed by atoms with Crippen molar-refractivity contribution in [2.75, 3.05) is 7.11 Å². The van der Waals surface area contributed by atoms with Gasteiger partial charge in [0.1, 0.15) is 17.6 Å². The number of allylic oxidation sites excluding steroid dienone is 2. The standard InChI is InChI=1S/C16H20O3/c1-18-12-7-8-15-13(9-12)14(17)10-16(19-15)11-5-3-2-4-6-11/h2-3,7-9,11,14,16-17H,4-6,10H2,1H3. The summed E-state index contributed by atoms with van der Waals surface area (Å²) >= 11 is 0. The van der Waals surface area contributed by atoms with Gasteiger partial charge in [-0.15, -0.1) is 0 Å². The number of hydrogen-bond acceptors (Lipinski definition) is 3. The molecule has 1 N–H and O–H groups in total. The molecule has 3 heteroatoms. The van der Waals surface area contributed by atoms with Gasteiger partial charge in [-0.25, -0.2) is 0 Å². The van der Waals surface area contributed by atoms with Crippen LogP contribution in [0.1, 0.15) is 37.4 Å². The number of methoxy groups -OCH3 is 1. The number of aliphatic hydroxyl groups excluding tert-OH is 1. The van der Waals surface area contributed by atoms with Crippen LogP contribution < -0.4 is 9.47 Å². The summed E-state index contributed by atoms with van der Waals surface area (Å²) in [5, 5.41) is 10.3. The average Bonchev–Trinajstić information content (AvgIpc) is 2.48. The van der Waals surface area contributed by atoms with E-state index >= 15 is 0 Å². The van der Waals surface area contributed by atoms with Crippen LogP contribution in [-0.4, -0.2) is 18.3 Å². The third-order valence-corrected chi connectivity index (χ3v) is 4.15. The largest absolute Gasteiger partial charge is 0.497 e. The highest BCUT2D eigenvalue weighted by Gasteiger charge is 2.32. The molecule has 102 valence electrons. The molecule has 0 saturated heterocycles. The summed E-state index contributed by atoms with van der Waals surface area (Å²) in [6.45, 7) is 0. The van der Waals surface area contributed by atoms with E-state index in [9.17, 15) is 5.11 Å². The Morgan fingerprint density at radius 1 is 1.32 bits per heavy atom. The van der Waals surface area contributed by atoms with Crippen LogP contribution in [0.5, 0.6) is 11.5 Å². The zero-order valence-corrected chi connectivity index (χ0v) is 11.2. The van der Waals surface area contributed by atoms with Crippen molar-refractivity contribution in [1.29, 1.82) is 0 Å². The Labute approximate surface area is 113 Å². The quantitative estimate of drug-likeness (QED) is 0.830. The first-order valence-electron chi connectivity index (χ1n) is 6.95. The lowest BCUT2D eigenvalue weighted by Gasteiger charge is -2.35. The van der Waals surface area contributed by atoms with Gasteiger partial charge in [0.15, 0.2) is 0 Å². The van der Waals surface area contributed by atoms with Gasteiger partial charge in [-0.3, -0.25) is 0 Å². The molecule has 0 bridgehead atoms. The van der Waals surface area contributed by atoms with E-state index in [0.29, 0.717) is 12.3 Å². The molecule has 3 unspecified atom stereocenters. The summed E-state index contributed by atoms with van der Waals surface area (Å²) in [6, 6.07) is 5.66. The molecular formula is C16H20O3. The molecule has 1 aromatic carbocycles. The summed E-state index contributed by atoms with van der Waals surface area (Å²) in [5.74, 6) is 2.09. The maximum Gasteiger partial charge on any atom is 0.125 e. The van der Waals surface area contributed by atoms with Crippen molar-refractivity contribution in [2.24, 2.45) is 5.92 Å². The van der Waals surface area contributed by atoms with Gasteiger partial charge in [0.2, 0.25) is 0 Å². The van der Waals surface area contributed by atoms with Gasteiger partial charge >= 0.3 is 0 Å². The number of rotatable bonds is 2. The highest BCUT2D eigenvalue weighted by atomic mass is 16.5. The lowest BCUT2D eigenvalue weighted by Crippen LogP contribution is -2.33. The summed E-state index contributed by atoms with van der Waals surface area (Å²) in [4.78, 5) is 0. The summed E-state index contributed by atoms with van der Waals surface area (Å²) in [5.41, 5.74) is 0.849. The van der Waals surface area contributed by atoms with Gasteiger partial charge in [0, 0.05) is 12.0 Å². The molecule has 3 nitrogen and oxygen atoms in total. The fourth-order valence-corrected chi connectivity index (χ4v) is 3.02. The van der Waals surface area contributed by atoms with E-state index in [1.165, 1.54) is 0 Å². The first-order chi connectivity index (χ1) is 9.28. The van der Waals surface area contributed by atoms with E-state index in [1.54, 1.807) is 7.11 Å². The van der Waals surface area contributed by atoms with E-state index < -0.39 is 6.10 Å². The molecular weight excluding hydrogens is 240 g/mol. The van der Waals surface area contributed by atoms with Gasteiger partial charge in [0.25, 0.3) is 0 Å². The van der Waals surface area contributed by atoms with E-state index in [-0.39, 0.29) is 6.10 Å². The summed E-state index contributed by atoms with van der Waals surface area (Å²) in [6.07, 6.45) is 8.15. The molecule has 3 atom stereocenters. The molecule has 1 aliphatic carbocycles. The van der Waals surface area contributed by atoms with Gasteiger partial charge in [0.05, 0.1) is 13.2 Å². The Hall–Kier alpha value is -1.48. The van der Waals surface area contributed by atoms with Gasteiger partial charge in [-0.2, -0.15) is 0 Å². The fraction of sp³-hybridized carbons (Fsp3) is 0.500. The molecule has 0 spiro atoms. The lowest BCUT2D eigenvalue weighted by molar-refractivity contribution is 0.0312. The van der Waals surface area contributed by atoms with Crippen molar-refractivity contribution in [1.82, 2.24) is 0 Å². The van der Waals surface area contributed by atoms with Gasteiger partial charge in [-0.05, 0) is 43.4 Å². The van der Waals surface area contributed by atoms with Crippen LogP contribution in [0.4, 0.5) is 0 Å². The molecule has 3 rings (SSSR count). The average molecular weight is 260 g/mol. The Morgan fingerprint density at radius 3 is 2.95 bits per heavy atom. The highest BCUT2D eigenvalue weighted by Crippen LogP contribution is 2.40. The molecule has 1 aromatic rings. The minimum Gasteiger partial charge on any atom is -0.497 e. The Kier molecular flexibility index (Phi) is 3.47. The van der Waals surface area contributed by atoms with Crippen LogP contribution in [-0.2, 0) is 0 Å². The molecule has 0 radical (unpaired) electrons. The monoisotopic (exact) mass is 260 g/mol. The summed E-state index contributed by atoms with van der Waals surface area (Å²) in [7, 11) is 1.63. The zero-order valence-electron chi connectivity index (χ0n) is 11.2. The molecule has 1 heterocycles. The normalized spacial score (nSPS) is 29.5. The third kappa shape index (κ3) is 2.47. The fourth-order valence-electron chi connectivity index (χ4n) is 3.02. The smallest absolute Gasteiger partial charge is 0.125 e. The Balaban J connectivity index is 1.81. The van der Waals surface area contributed by atoms with Crippen LogP contribution in [0.2, 0.25) is 0 Å². The first kappa shape index (κ1) is 12.5. The molecule has 1 aliphatic heterocycles. The predicted molar refractivity (Wildman–Crippen MR) is 73.5 cm³/mol. The Morgan fingerprint density at radius 2 is 2.21 bits per heavy atom. The van der Waals surface area contributed by atoms with Crippen molar-refractivity contribution >= 4 is 0 Å². The van der Waals surface area contributed by atoms with E-state index in [0.717, 1.165) is 36.3 Å². The number of ether oxygens (including phenoxy) is 2.